The maximum absolute atomic E-state index is 5.22. The zero-order valence-electron chi connectivity index (χ0n) is 5.14. The van der Waals surface area contributed by atoms with E-state index in [4.69, 9.17) is 5.14 Å². The first-order valence-electron chi connectivity index (χ1n) is 2.23. The smallest absolute Gasteiger partial charge is 0.0470 e. The van der Waals surface area contributed by atoms with Crippen molar-refractivity contribution in [2.24, 2.45) is 10.1 Å². The van der Waals surface area contributed by atoms with Crippen LogP contribution < -0.4 is 5.14 Å². The number of hydrogen-bond donors (Lipinski definition) is 1. The van der Waals surface area contributed by atoms with Crippen molar-refractivity contribution in [2.45, 2.75) is 13.8 Å². The predicted molar refractivity (Wildman–Crippen MR) is 39.7 cm³/mol. The van der Waals surface area contributed by atoms with E-state index in [2.05, 4.69) is 11.7 Å². The first-order valence-corrected chi connectivity index (χ1v) is 3.11. The van der Waals surface area contributed by atoms with Gasteiger partial charge in [-0.1, -0.05) is 11.9 Å². The zero-order chi connectivity index (χ0) is 6.57. The molecule has 2 nitrogen and oxygen atoms in total. The highest BCUT2D eigenvalue weighted by molar-refractivity contribution is 8.00. The third-order valence-corrected chi connectivity index (χ3v) is 1.57. The molecule has 0 fully saturated rings. The molecule has 0 radical (unpaired) electrons. The minimum Gasteiger partial charge on any atom is -0.274 e. The molecule has 0 rings (SSSR count). The van der Waals surface area contributed by atoms with E-state index < -0.39 is 0 Å². The van der Waals surface area contributed by atoms with Crippen LogP contribution >= 0.6 is 11.9 Å². The SMILES string of the molecule is C=N/C(C)=C(/C)SN. The van der Waals surface area contributed by atoms with E-state index in [-0.39, 0.29) is 0 Å². The number of hydrogen-bond acceptors (Lipinski definition) is 3. The summed E-state index contributed by atoms with van der Waals surface area (Å²) >= 11 is 1.20. The fourth-order valence-electron chi connectivity index (χ4n) is 0.197. The topological polar surface area (TPSA) is 38.4 Å². The summed E-state index contributed by atoms with van der Waals surface area (Å²) in [6.07, 6.45) is 0. The number of nitrogens with two attached hydrogens (primary N) is 1. The van der Waals surface area contributed by atoms with Gasteiger partial charge in [-0.3, -0.25) is 10.1 Å². The van der Waals surface area contributed by atoms with Crippen molar-refractivity contribution in [3.8, 4) is 0 Å². The van der Waals surface area contributed by atoms with Gasteiger partial charge in [-0.05, 0) is 20.6 Å². The van der Waals surface area contributed by atoms with Crippen LogP contribution in [0.15, 0.2) is 15.6 Å². The summed E-state index contributed by atoms with van der Waals surface area (Å²) in [5.41, 5.74) is 0.900. The van der Waals surface area contributed by atoms with E-state index >= 15 is 0 Å². The average Bonchev–Trinajstić information content (AvgIpc) is 1.84. The zero-order valence-corrected chi connectivity index (χ0v) is 5.96. The highest BCUT2D eigenvalue weighted by atomic mass is 32.2. The molecule has 3 heteroatoms. The molecule has 0 saturated carbocycles. The van der Waals surface area contributed by atoms with Gasteiger partial charge in [0, 0.05) is 10.6 Å². The minimum absolute atomic E-state index is 0.900. The molecule has 0 aromatic heterocycles. The van der Waals surface area contributed by atoms with E-state index in [0.29, 0.717) is 0 Å². The summed E-state index contributed by atoms with van der Waals surface area (Å²) in [4.78, 5) is 4.70. The van der Waals surface area contributed by atoms with Crippen molar-refractivity contribution >= 4 is 18.7 Å². The number of rotatable bonds is 2. The Balaban J connectivity index is 4.03. The van der Waals surface area contributed by atoms with E-state index in [1.807, 2.05) is 13.8 Å². The molecule has 0 bridgehead atoms. The fraction of sp³-hybridized carbons (Fsp3) is 0.400. The summed E-state index contributed by atoms with van der Waals surface area (Å²) in [6, 6.07) is 0. The molecule has 0 amide bonds. The predicted octanol–water partition coefficient (Wildman–Crippen LogP) is 1.55. The van der Waals surface area contributed by atoms with Gasteiger partial charge in [0.1, 0.15) is 0 Å². The maximum atomic E-state index is 5.22. The highest BCUT2D eigenvalue weighted by Gasteiger charge is 1.88. The molecule has 2 N–H and O–H groups in total. The second kappa shape index (κ2) is 3.69. The lowest BCUT2D eigenvalue weighted by Gasteiger charge is -1.94. The van der Waals surface area contributed by atoms with Crippen molar-refractivity contribution in [1.29, 1.82) is 0 Å². The van der Waals surface area contributed by atoms with E-state index in [0.717, 1.165) is 10.6 Å². The molecule has 46 valence electrons. The second-order valence-electron chi connectivity index (χ2n) is 1.42. The van der Waals surface area contributed by atoms with Gasteiger partial charge in [-0.25, -0.2) is 0 Å². The molecule has 0 aliphatic rings. The highest BCUT2D eigenvalue weighted by Crippen LogP contribution is 2.12. The van der Waals surface area contributed by atoms with Crippen LogP contribution in [-0.4, -0.2) is 6.72 Å². The average molecular weight is 130 g/mol. The van der Waals surface area contributed by atoms with Gasteiger partial charge in [-0.2, -0.15) is 0 Å². The van der Waals surface area contributed by atoms with E-state index in [1.54, 1.807) is 0 Å². The van der Waals surface area contributed by atoms with Crippen LogP contribution in [0.5, 0.6) is 0 Å². The normalized spacial score (nSPS) is 12.9. The van der Waals surface area contributed by atoms with Crippen molar-refractivity contribution in [2.75, 3.05) is 0 Å². The van der Waals surface area contributed by atoms with E-state index in [1.165, 1.54) is 11.9 Å². The summed E-state index contributed by atoms with van der Waals surface area (Å²) in [7, 11) is 0. The lowest BCUT2D eigenvalue weighted by molar-refractivity contribution is 1.29. The van der Waals surface area contributed by atoms with Gasteiger partial charge in [0.25, 0.3) is 0 Å². The standard InChI is InChI=1S/C5H10N2S/c1-4(7-3)5(2)8-6/h3,6H2,1-2H3/b5-4-. The molecule has 0 heterocycles. The molecule has 0 aromatic rings. The molecule has 0 saturated heterocycles. The van der Waals surface area contributed by atoms with Crippen LogP contribution in [0.3, 0.4) is 0 Å². The van der Waals surface area contributed by atoms with Gasteiger partial charge in [0.15, 0.2) is 0 Å². The number of nitrogens with zero attached hydrogens (tertiary/aromatic N) is 1. The van der Waals surface area contributed by atoms with Crippen LogP contribution in [-0.2, 0) is 0 Å². The van der Waals surface area contributed by atoms with Gasteiger partial charge < -0.3 is 0 Å². The third-order valence-electron chi connectivity index (χ3n) is 0.923. The van der Waals surface area contributed by atoms with Crippen molar-refractivity contribution in [3.63, 3.8) is 0 Å². The molecule has 0 aliphatic heterocycles. The quantitative estimate of drug-likeness (QED) is 0.455. The Morgan fingerprint density at radius 2 is 2.12 bits per heavy atom. The lowest BCUT2D eigenvalue weighted by Crippen LogP contribution is -1.80. The van der Waals surface area contributed by atoms with Gasteiger partial charge in [0.05, 0.1) is 0 Å². The van der Waals surface area contributed by atoms with Crippen molar-refractivity contribution in [3.05, 3.63) is 10.6 Å². The summed E-state index contributed by atoms with van der Waals surface area (Å²) in [5.74, 6) is 0. The Bertz CT molecular complexity index is 118. The van der Waals surface area contributed by atoms with Crippen LogP contribution in [0, 0.1) is 0 Å². The molecule has 0 spiro atoms. The number of aliphatic imine (C=N–C) groups is 1. The molecule has 0 atom stereocenters. The van der Waals surface area contributed by atoms with Crippen LogP contribution in [0.4, 0.5) is 0 Å². The van der Waals surface area contributed by atoms with Crippen LogP contribution in [0.2, 0.25) is 0 Å². The molecular weight excluding hydrogens is 120 g/mol. The van der Waals surface area contributed by atoms with E-state index in [9.17, 15) is 0 Å². The van der Waals surface area contributed by atoms with Crippen molar-refractivity contribution < 1.29 is 0 Å². The molecule has 0 aromatic carbocycles. The Hall–Kier alpha value is -0.280. The monoisotopic (exact) mass is 130 g/mol. The first kappa shape index (κ1) is 7.72. The number of allylic oxidation sites excluding steroid dienone is 2. The largest absolute Gasteiger partial charge is 0.274 e. The first-order chi connectivity index (χ1) is 3.72. The third kappa shape index (κ3) is 2.14. The summed E-state index contributed by atoms with van der Waals surface area (Å²) in [6.45, 7) is 7.14. The Labute approximate surface area is 54.0 Å². The van der Waals surface area contributed by atoms with Gasteiger partial charge in [-0.15, -0.1) is 0 Å². The second-order valence-corrected chi connectivity index (χ2v) is 2.27. The van der Waals surface area contributed by atoms with Crippen molar-refractivity contribution in [1.82, 2.24) is 0 Å². The summed E-state index contributed by atoms with van der Waals surface area (Å²) in [5, 5.41) is 5.22. The fourth-order valence-corrected chi connectivity index (χ4v) is 0.432. The lowest BCUT2D eigenvalue weighted by atomic mass is 10.5. The molecular formula is C5H10N2S. The van der Waals surface area contributed by atoms with Crippen LogP contribution in [0.1, 0.15) is 13.8 Å². The van der Waals surface area contributed by atoms with Crippen LogP contribution in [0.25, 0.3) is 0 Å². The Morgan fingerprint density at radius 1 is 1.62 bits per heavy atom. The molecule has 0 unspecified atom stereocenters. The summed E-state index contributed by atoms with van der Waals surface area (Å²) < 4.78 is 0. The molecule has 0 aliphatic carbocycles. The van der Waals surface area contributed by atoms with Gasteiger partial charge in [0.2, 0.25) is 0 Å². The Morgan fingerprint density at radius 3 is 2.25 bits per heavy atom. The minimum atomic E-state index is 0.900. The van der Waals surface area contributed by atoms with Gasteiger partial charge >= 0.3 is 0 Å². The molecule has 8 heavy (non-hydrogen) atoms. The Kier molecular flexibility index (Phi) is 3.56. The maximum Gasteiger partial charge on any atom is 0.0470 e.